The van der Waals surface area contributed by atoms with Gasteiger partial charge in [-0.25, -0.2) is 0 Å². The van der Waals surface area contributed by atoms with Crippen LogP contribution in [0.2, 0.25) is 5.02 Å². The Labute approximate surface area is 241 Å². The average Bonchev–Trinajstić information content (AvgIpc) is 3.59. The first-order valence-electron chi connectivity index (χ1n) is 15.1. The summed E-state index contributed by atoms with van der Waals surface area (Å²) in [6.07, 6.45) is 9.95. The Bertz CT molecular complexity index is 1170. The molecule has 4 fully saturated rings. The summed E-state index contributed by atoms with van der Waals surface area (Å²) in [5.74, 6) is -1.16. The molecule has 1 aliphatic carbocycles. The maximum Gasteiger partial charge on any atom is 0.246 e. The van der Waals surface area contributed by atoms with Crippen molar-refractivity contribution in [1.29, 1.82) is 0 Å². The molecular weight excluding hydrogens is 528 g/mol. The number of ether oxygens (including phenoxy) is 1. The predicted molar refractivity (Wildman–Crippen MR) is 154 cm³/mol. The van der Waals surface area contributed by atoms with Crippen LogP contribution >= 0.6 is 11.6 Å². The van der Waals surface area contributed by atoms with E-state index in [4.69, 9.17) is 16.3 Å². The molecule has 1 aromatic carbocycles. The summed E-state index contributed by atoms with van der Waals surface area (Å²) in [4.78, 5) is 46.1. The van der Waals surface area contributed by atoms with Crippen LogP contribution in [0.3, 0.4) is 0 Å². The third-order valence-corrected chi connectivity index (χ3v) is 10.4. The van der Waals surface area contributed by atoms with Gasteiger partial charge in [0.2, 0.25) is 17.7 Å². The largest absolute Gasteiger partial charge is 0.359 e. The van der Waals surface area contributed by atoms with Crippen molar-refractivity contribution in [1.82, 2.24) is 15.1 Å². The number of likely N-dealkylation sites (tertiary alicyclic amines) is 2. The molecule has 5 aliphatic rings. The molecule has 0 radical (unpaired) electrons. The average molecular weight is 569 g/mol. The van der Waals surface area contributed by atoms with Crippen LogP contribution < -0.4 is 10.6 Å². The molecule has 1 saturated carbocycles. The first-order valence-corrected chi connectivity index (χ1v) is 15.4. The molecule has 4 aliphatic heterocycles. The van der Waals surface area contributed by atoms with Gasteiger partial charge in [0.1, 0.15) is 11.6 Å². The molecule has 216 valence electrons. The van der Waals surface area contributed by atoms with Crippen LogP contribution in [0.1, 0.15) is 52.4 Å². The molecule has 1 spiro atoms. The number of nitrogens with zero attached hydrogens (tertiary/aromatic N) is 2. The molecule has 0 unspecified atom stereocenters. The van der Waals surface area contributed by atoms with Crippen molar-refractivity contribution >= 4 is 35.0 Å². The Morgan fingerprint density at radius 3 is 2.52 bits per heavy atom. The SMILES string of the molecule is C[C@H]1[C@H](C)CCC[C@@H]1NC(=O)[C@@H]1N(CCN2CCCCC2)C(=O)[C@@H]2[C@H](C(=O)Nc3ccc(Cl)cc3)[C@@H]3C=C[C@]21O3. The Morgan fingerprint density at radius 2 is 1.77 bits per heavy atom. The quantitative estimate of drug-likeness (QED) is 0.488. The lowest BCUT2D eigenvalue weighted by Gasteiger charge is -2.38. The molecule has 4 heterocycles. The molecule has 2 N–H and O–H groups in total. The number of anilines is 1. The van der Waals surface area contributed by atoms with E-state index in [1.165, 1.54) is 12.8 Å². The second kappa shape index (κ2) is 11.1. The van der Waals surface area contributed by atoms with E-state index in [1.54, 1.807) is 29.2 Å². The highest BCUT2D eigenvalue weighted by Gasteiger charge is 2.72. The van der Waals surface area contributed by atoms with Crippen molar-refractivity contribution in [3.63, 3.8) is 0 Å². The summed E-state index contributed by atoms with van der Waals surface area (Å²) in [6, 6.07) is 6.18. The van der Waals surface area contributed by atoms with Crippen LogP contribution in [0.15, 0.2) is 36.4 Å². The lowest BCUT2D eigenvalue weighted by atomic mass is 9.73. The third kappa shape index (κ3) is 4.86. The number of hydrogen-bond acceptors (Lipinski definition) is 5. The van der Waals surface area contributed by atoms with Crippen molar-refractivity contribution in [3.8, 4) is 0 Å². The number of halogens is 1. The Kier molecular flexibility index (Phi) is 7.70. The van der Waals surface area contributed by atoms with Gasteiger partial charge in [0.05, 0.1) is 17.9 Å². The van der Waals surface area contributed by atoms with Gasteiger partial charge in [-0.05, 0) is 68.5 Å². The van der Waals surface area contributed by atoms with Crippen molar-refractivity contribution in [2.24, 2.45) is 23.7 Å². The van der Waals surface area contributed by atoms with Crippen molar-refractivity contribution in [2.45, 2.75) is 76.2 Å². The fraction of sp³-hybridized carbons (Fsp3) is 0.645. The van der Waals surface area contributed by atoms with Gasteiger partial charge in [-0.2, -0.15) is 0 Å². The van der Waals surface area contributed by atoms with E-state index in [2.05, 4.69) is 29.4 Å². The van der Waals surface area contributed by atoms with Crippen LogP contribution in [-0.4, -0.2) is 77.5 Å². The van der Waals surface area contributed by atoms with E-state index in [1.807, 2.05) is 12.2 Å². The molecule has 2 bridgehead atoms. The van der Waals surface area contributed by atoms with Gasteiger partial charge >= 0.3 is 0 Å². The van der Waals surface area contributed by atoms with Crippen molar-refractivity contribution in [3.05, 3.63) is 41.4 Å². The highest BCUT2D eigenvalue weighted by Crippen LogP contribution is 2.55. The fourth-order valence-corrected chi connectivity index (χ4v) is 7.87. The van der Waals surface area contributed by atoms with Gasteiger partial charge in [0.25, 0.3) is 0 Å². The van der Waals surface area contributed by atoms with Gasteiger partial charge in [-0.3, -0.25) is 14.4 Å². The smallest absolute Gasteiger partial charge is 0.246 e. The lowest BCUT2D eigenvalue weighted by molar-refractivity contribution is -0.142. The van der Waals surface area contributed by atoms with Gasteiger partial charge < -0.3 is 25.2 Å². The number of amides is 3. The minimum absolute atomic E-state index is 0.0670. The van der Waals surface area contributed by atoms with Crippen LogP contribution in [0.25, 0.3) is 0 Å². The van der Waals surface area contributed by atoms with E-state index in [-0.39, 0.29) is 23.8 Å². The second-order valence-corrected chi connectivity index (χ2v) is 13.0. The minimum Gasteiger partial charge on any atom is -0.359 e. The van der Waals surface area contributed by atoms with Crippen molar-refractivity contribution < 1.29 is 19.1 Å². The molecule has 9 heteroatoms. The zero-order chi connectivity index (χ0) is 28.0. The summed E-state index contributed by atoms with van der Waals surface area (Å²) in [7, 11) is 0. The molecular formula is C31H41ClN4O4. The fourth-order valence-electron chi connectivity index (χ4n) is 7.75. The van der Waals surface area contributed by atoms with Crippen LogP contribution in [-0.2, 0) is 19.1 Å². The summed E-state index contributed by atoms with van der Waals surface area (Å²) in [5, 5.41) is 6.87. The molecule has 6 rings (SSSR count). The zero-order valence-corrected chi connectivity index (χ0v) is 24.2. The molecule has 8 atom stereocenters. The monoisotopic (exact) mass is 568 g/mol. The zero-order valence-electron chi connectivity index (χ0n) is 23.5. The molecule has 3 saturated heterocycles. The van der Waals surface area contributed by atoms with Gasteiger partial charge in [0, 0.05) is 29.8 Å². The highest BCUT2D eigenvalue weighted by molar-refractivity contribution is 6.30. The number of carbonyl (C=O) groups is 3. The Balaban J connectivity index is 1.27. The Morgan fingerprint density at radius 1 is 1.02 bits per heavy atom. The number of piperidine rings is 1. The van der Waals surface area contributed by atoms with E-state index in [0.717, 1.165) is 38.8 Å². The summed E-state index contributed by atoms with van der Waals surface area (Å²) < 4.78 is 6.51. The number of carbonyl (C=O) groups excluding carboxylic acids is 3. The van der Waals surface area contributed by atoms with E-state index < -0.39 is 29.6 Å². The van der Waals surface area contributed by atoms with Crippen molar-refractivity contribution in [2.75, 3.05) is 31.5 Å². The van der Waals surface area contributed by atoms with Crippen LogP contribution in [0.5, 0.6) is 0 Å². The standard InChI is InChI=1S/C31H41ClN4O4/c1-19-7-6-8-23(20(19)2)34-29(38)27-31-14-13-24(40-31)25(28(37)33-22-11-9-21(32)10-12-22)26(31)30(39)36(27)18-17-35-15-4-3-5-16-35/h9-14,19-20,23-27H,3-8,15-18H2,1-2H3,(H,33,37)(H,34,38)/t19-,20+,23+,24+,25-,26+,27+,31+/m1/s1. The first-order chi connectivity index (χ1) is 19.3. The number of hydrogen-bond donors (Lipinski definition) is 2. The maximum atomic E-state index is 14.2. The van der Waals surface area contributed by atoms with Crippen LogP contribution in [0, 0.1) is 23.7 Å². The molecule has 40 heavy (non-hydrogen) atoms. The lowest BCUT2D eigenvalue weighted by Crippen LogP contribution is -2.58. The van der Waals surface area contributed by atoms with E-state index >= 15 is 0 Å². The Hall–Kier alpha value is -2.42. The summed E-state index contributed by atoms with van der Waals surface area (Å²) in [5.41, 5.74) is -0.531. The highest BCUT2D eigenvalue weighted by atomic mass is 35.5. The van der Waals surface area contributed by atoms with E-state index in [0.29, 0.717) is 35.6 Å². The first kappa shape index (κ1) is 27.7. The third-order valence-electron chi connectivity index (χ3n) is 10.2. The number of fused-ring (bicyclic) bond motifs is 1. The predicted octanol–water partition coefficient (Wildman–Crippen LogP) is 3.86. The van der Waals surface area contributed by atoms with Gasteiger partial charge in [0.15, 0.2) is 0 Å². The number of benzene rings is 1. The summed E-state index contributed by atoms with van der Waals surface area (Å²) in [6.45, 7) is 7.63. The van der Waals surface area contributed by atoms with Gasteiger partial charge in [-0.1, -0.05) is 56.9 Å². The normalized spacial score (nSPS) is 37.0. The molecule has 3 amide bonds. The second-order valence-electron chi connectivity index (χ2n) is 12.5. The number of rotatable bonds is 7. The summed E-state index contributed by atoms with van der Waals surface area (Å²) >= 11 is 6.02. The topological polar surface area (TPSA) is 91.0 Å². The molecule has 1 aromatic rings. The minimum atomic E-state index is -1.14. The molecule has 0 aromatic heterocycles. The van der Waals surface area contributed by atoms with Crippen LogP contribution in [0.4, 0.5) is 5.69 Å². The van der Waals surface area contributed by atoms with E-state index in [9.17, 15) is 14.4 Å². The van der Waals surface area contributed by atoms with Gasteiger partial charge in [-0.15, -0.1) is 0 Å². The number of nitrogens with one attached hydrogen (secondary N) is 2. The molecule has 8 nitrogen and oxygen atoms in total. The maximum absolute atomic E-state index is 14.2.